The van der Waals surface area contributed by atoms with Gasteiger partial charge in [0.2, 0.25) is 0 Å². The predicted molar refractivity (Wildman–Crippen MR) is 78.7 cm³/mol. The maximum atomic E-state index is 11.8. The first-order valence-electron chi connectivity index (χ1n) is 7.07. The summed E-state index contributed by atoms with van der Waals surface area (Å²) in [6, 6.07) is 6.33. The second-order valence-electron chi connectivity index (χ2n) is 5.08. The number of hydrogen-bond acceptors (Lipinski definition) is 3. The molecular formula is C15H23N3O. The van der Waals surface area contributed by atoms with Gasteiger partial charge in [-0.1, -0.05) is 0 Å². The van der Waals surface area contributed by atoms with Crippen molar-refractivity contribution in [2.75, 3.05) is 25.0 Å². The Morgan fingerprint density at radius 2 is 2.32 bits per heavy atom. The van der Waals surface area contributed by atoms with Crippen LogP contribution < -0.4 is 16.0 Å². The summed E-state index contributed by atoms with van der Waals surface area (Å²) in [6.07, 6.45) is 2.41. The zero-order chi connectivity index (χ0) is 13.7. The second-order valence-corrected chi connectivity index (χ2v) is 5.08. The molecule has 1 saturated heterocycles. The SMILES string of the molecule is CCNC(=O)c1ccc(NC2CCCNC2)c(C)c1. The second kappa shape index (κ2) is 6.57. The number of hydrogen-bond donors (Lipinski definition) is 3. The van der Waals surface area contributed by atoms with E-state index >= 15 is 0 Å². The molecule has 3 N–H and O–H groups in total. The summed E-state index contributed by atoms with van der Waals surface area (Å²) in [5, 5.41) is 9.77. The third-order valence-electron chi connectivity index (χ3n) is 3.48. The van der Waals surface area contributed by atoms with Crippen LogP contribution in [0.25, 0.3) is 0 Å². The summed E-state index contributed by atoms with van der Waals surface area (Å²) in [5.74, 6) is -0.00326. The van der Waals surface area contributed by atoms with E-state index in [-0.39, 0.29) is 5.91 Å². The summed E-state index contributed by atoms with van der Waals surface area (Å²) in [7, 11) is 0. The fraction of sp³-hybridized carbons (Fsp3) is 0.533. The van der Waals surface area contributed by atoms with Crippen LogP contribution in [0.2, 0.25) is 0 Å². The average molecular weight is 261 g/mol. The van der Waals surface area contributed by atoms with Gasteiger partial charge in [-0.25, -0.2) is 0 Å². The largest absolute Gasteiger partial charge is 0.381 e. The van der Waals surface area contributed by atoms with Crippen LogP contribution in [0.15, 0.2) is 18.2 Å². The zero-order valence-electron chi connectivity index (χ0n) is 11.8. The minimum Gasteiger partial charge on any atom is -0.381 e. The lowest BCUT2D eigenvalue weighted by Gasteiger charge is -2.25. The topological polar surface area (TPSA) is 53.2 Å². The molecule has 0 aliphatic carbocycles. The highest BCUT2D eigenvalue weighted by Crippen LogP contribution is 2.19. The molecule has 0 radical (unpaired) electrons. The molecule has 1 amide bonds. The third-order valence-corrected chi connectivity index (χ3v) is 3.48. The van der Waals surface area contributed by atoms with E-state index in [1.54, 1.807) is 0 Å². The van der Waals surface area contributed by atoms with Gasteiger partial charge in [-0.2, -0.15) is 0 Å². The van der Waals surface area contributed by atoms with Crippen LogP contribution in [0.5, 0.6) is 0 Å². The van der Waals surface area contributed by atoms with Crippen LogP contribution in [0.3, 0.4) is 0 Å². The van der Waals surface area contributed by atoms with Gasteiger partial charge in [0.05, 0.1) is 0 Å². The van der Waals surface area contributed by atoms with Crippen molar-refractivity contribution in [2.24, 2.45) is 0 Å². The number of carbonyl (C=O) groups is 1. The van der Waals surface area contributed by atoms with Gasteiger partial charge in [0.15, 0.2) is 0 Å². The highest BCUT2D eigenvalue weighted by molar-refractivity contribution is 5.94. The van der Waals surface area contributed by atoms with Crippen LogP contribution in [0, 0.1) is 6.92 Å². The molecular weight excluding hydrogens is 238 g/mol. The standard InChI is InChI=1S/C15H23N3O/c1-3-17-15(19)12-6-7-14(11(2)9-12)18-13-5-4-8-16-10-13/h6-7,9,13,16,18H,3-5,8,10H2,1-2H3,(H,17,19). The van der Waals surface area contributed by atoms with Crippen molar-refractivity contribution >= 4 is 11.6 Å². The fourth-order valence-corrected chi connectivity index (χ4v) is 2.42. The minimum atomic E-state index is -0.00326. The minimum absolute atomic E-state index is 0.00326. The molecule has 2 rings (SSSR count). The number of carbonyl (C=O) groups excluding carboxylic acids is 1. The smallest absolute Gasteiger partial charge is 0.251 e. The van der Waals surface area contributed by atoms with E-state index < -0.39 is 0 Å². The maximum absolute atomic E-state index is 11.8. The Hall–Kier alpha value is -1.55. The highest BCUT2D eigenvalue weighted by Gasteiger charge is 2.14. The van der Waals surface area contributed by atoms with Gasteiger partial charge in [0.1, 0.15) is 0 Å². The van der Waals surface area contributed by atoms with E-state index in [0.29, 0.717) is 12.6 Å². The molecule has 1 heterocycles. The Kier molecular flexibility index (Phi) is 4.80. The first-order chi connectivity index (χ1) is 9.20. The third kappa shape index (κ3) is 3.70. The quantitative estimate of drug-likeness (QED) is 0.776. The fourth-order valence-electron chi connectivity index (χ4n) is 2.42. The van der Waals surface area contributed by atoms with Crippen molar-refractivity contribution in [3.05, 3.63) is 29.3 Å². The van der Waals surface area contributed by atoms with Gasteiger partial charge in [-0.15, -0.1) is 0 Å². The summed E-state index contributed by atoms with van der Waals surface area (Å²) in [6.45, 7) is 6.76. The van der Waals surface area contributed by atoms with E-state index in [4.69, 9.17) is 0 Å². The van der Waals surface area contributed by atoms with Crippen LogP contribution in [-0.2, 0) is 0 Å². The molecule has 0 saturated carbocycles. The number of anilines is 1. The lowest BCUT2D eigenvalue weighted by molar-refractivity contribution is 0.0956. The van der Waals surface area contributed by atoms with E-state index in [0.717, 1.165) is 29.9 Å². The molecule has 0 spiro atoms. The Balaban J connectivity index is 2.04. The van der Waals surface area contributed by atoms with E-state index in [1.165, 1.54) is 12.8 Å². The molecule has 0 bridgehead atoms. The normalized spacial score (nSPS) is 18.9. The molecule has 0 aromatic heterocycles. The molecule has 4 nitrogen and oxygen atoms in total. The van der Waals surface area contributed by atoms with E-state index in [2.05, 4.69) is 16.0 Å². The number of aryl methyl sites for hydroxylation is 1. The monoisotopic (exact) mass is 261 g/mol. The van der Waals surface area contributed by atoms with Crippen molar-refractivity contribution in [1.82, 2.24) is 10.6 Å². The summed E-state index contributed by atoms with van der Waals surface area (Å²) < 4.78 is 0. The van der Waals surface area contributed by atoms with Gasteiger partial charge < -0.3 is 16.0 Å². The van der Waals surface area contributed by atoms with Gasteiger partial charge in [0, 0.05) is 30.4 Å². The van der Waals surface area contributed by atoms with Crippen LogP contribution >= 0.6 is 0 Å². The lowest BCUT2D eigenvalue weighted by atomic mass is 10.0. The van der Waals surface area contributed by atoms with Crippen molar-refractivity contribution in [3.8, 4) is 0 Å². The number of piperidine rings is 1. The first kappa shape index (κ1) is 13.9. The van der Waals surface area contributed by atoms with Crippen LogP contribution in [-0.4, -0.2) is 31.6 Å². The van der Waals surface area contributed by atoms with Crippen LogP contribution in [0.1, 0.15) is 35.7 Å². The molecule has 104 valence electrons. The van der Waals surface area contributed by atoms with E-state index in [9.17, 15) is 4.79 Å². The van der Waals surface area contributed by atoms with Crippen molar-refractivity contribution in [2.45, 2.75) is 32.7 Å². The molecule has 1 atom stereocenters. The van der Waals surface area contributed by atoms with Crippen molar-refractivity contribution in [1.29, 1.82) is 0 Å². The molecule has 1 aliphatic rings. The molecule has 19 heavy (non-hydrogen) atoms. The average Bonchev–Trinajstić information content (AvgIpc) is 2.42. The Labute approximate surface area is 115 Å². The van der Waals surface area contributed by atoms with E-state index in [1.807, 2.05) is 32.0 Å². The first-order valence-corrected chi connectivity index (χ1v) is 7.07. The molecule has 1 aromatic rings. The maximum Gasteiger partial charge on any atom is 0.251 e. The molecule has 4 heteroatoms. The molecule has 1 fully saturated rings. The summed E-state index contributed by atoms with van der Waals surface area (Å²) in [4.78, 5) is 11.8. The zero-order valence-corrected chi connectivity index (χ0v) is 11.8. The van der Waals surface area contributed by atoms with Crippen molar-refractivity contribution < 1.29 is 4.79 Å². The number of benzene rings is 1. The van der Waals surface area contributed by atoms with Gasteiger partial charge in [0.25, 0.3) is 5.91 Å². The molecule has 1 aromatic carbocycles. The Bertz CT molecular complexity index is 439. The number of nitrogens with one attached hydrogen (secondary N) is 3. The van der Waals surface area contributed by atoms with Crippen LogP contribution in [0.4, 0.5) is 5.69 Å². The number of amides is 1. The Morgan fingerprint density at radius 3 is 2.95 bits per heavy atom. The lowest BCUT2D eigenvalue weighted by Crippen LogP contribution is -2.38. The molecule has 1 aliphatic heterocycles. The summed E-state index contributed by atoms with van der Waals surface area (Å²) in [5.41, 5.74) is 2.97. The number of rotatable bonds is 4. The highest BCUT2D eigenvalue weighted by atomic mass is 16.1. The van der Waals surface area contributed by atoms with Gasteiger partial charge in [-0.3, -0.25) is 4.79 Å². The molecule has 1 unspecified atom stereocenters. The van der Waals surface area contributed by atoms with Gasteiger partial charge in [-0.05, 0) is 57.0 Å². The van der Waals surface area contributed by atoms with Crippen molar-refractivity contribution in [3.63, 3.8) is 0 Å². The Morgan fingerprint density at radius 1 is 1.47 bits per heavy atom. The summed E-state index contributed by atoms with van der Waals surface area (Å²) >= 11 is 0. The predicted octanol–water partition coefficient (Wildman–Crippen LogP) is 1.91. The van der Waals surface area contributed by atoms with Gasteiger partial charge >= 0.3 is 0 Å².